The summed E-state index contributed by atoms with van der Waals surface area (Å²) in [6.07, 6.45) is 18.6. The van der Waals surface area contributed by atoms with Gasteiger partial charge in [0.15, 0.2) is 12.5 Å². The van der Waals surface area contributed by atoms with Crippen LogP contribution >= 0.6 is 0 Å². The maximum absolute atomic E-state index is 14.2. The largest absolute Gasteiger partial charge is 0.493 e. The second-order valence-electron chi connectivity index (χ2n) is 29.9. The number of amides is 7. The van der Waals surface area contributed by atoms with Crippen LogP contribution in [-0.2, 0) is 52.0 Å². The Balaban J connectivity index is 0.000000195. The van der Waals surface area contributed by atoms with E-state index in [0.29, 0.717) is 103 Å². The number of benzene rings is 6. The summed E-state index contributed by atoms with van der Waals surface area (Å²) in [4.78, 5) is 103. The number of anilines is 5. The predicted molar refractivity (Wildman–Crippen MR) is 446 cm³/mol. The Morgan fingerprint density at radius 1 is 0.522 bits per heavy atom. The molecule has 5 aliphatic rings. The molecule has 10 aromatic rings. The fourth-order valence-electron chi connectivity index (χ4n) is 15.6. The van der Waals surface area contributed by atoms with Gasteiger partial charge in [-0.15, -0.1) is 0 Å². The van der Waals surface area contributed by atoms with Crippen molar-refractivity contribution in [3.05, 3.63) is 229 Å². The van der Waals surface area contributed by atoms with Crippen LogP contribution in [0, 0.1) is 13.8 Å². The molecule has 5 aliphatic heterocycles. The lowest BCUT2D eigenvalue weighted by atomic mass is 10.00. The Labute approximate surface area is 669 Å². The molecule has 4 N–H and O–H groups in total. The second kappa shape index (κ2) is 36.1. The predicted octanol–water partition coefficient (Wildman–Crippen LogP) is 16.8. The van der Waals surface area contributed by atoms with Crippen molar-refractivity contribution in [2.45, 2.75) is 122 Å². The van der Waals surface area contributed by atoms with Gasteiger partial charge in [-0.05, 0) is 179 Å². The Kier molecular flexibility index (Phi) is 24.8. The van der Waals surface area contributed by atoms with Crippen LogP contribution in [0.5, 0.6) is 11.5 Å². The Bertz CT molecular complexity index is 5250. The third-order valence-corrected chi connectivity index (χ3v) is 21.6. The first kappa shape index (κ1) is 79.1. The minimum absolute atomic E-state index is 0.0105. The van der Waals surface area contributed by atoms with Crippen molar-refractivity contribution in [3.63, 3.8) is 0 Å². The number of aromatic nitrogens is 4. The van der Waals surface area contributed by atoms with Crippen molar-refractivity contribution in [3.8, 4) is 56.3 Å². The third kappa shape index (κ3) is 18.6. The third-order valence-electron chi connectivity index (χ3n) is 21.6. The molecule has 7 amide bonds. The molecule has 4 atom stereocenters. The Morgan fingerprint density at radius 3 is 1.57 bits per heavy atom. The average molecular weight is 1550 g/mol. The lowest BCUT2D eigenvalue weighted by Crippen LogP contribution is -2.57. The highest BCUT2D eigenvalue weighted by Gasteiger charge is 2.47. The molecule has 0 radical (unpaired) electrons. The van der Waals surface area contributed by atoms with Gasteiger partial charge in [-0.3, -0.25) is 33.8 Å². The van der Waals surface area contributed by atoms with E-state index in [-0.39, 0.29) is 61.1 Å². The van der Waals surface area contributed by atoms with Crippen molar-refractivity contribution in [1.29, 1.82) is 0 Å². The van der Waals surface area contributed by atoms with Gasteiger partial charge in [-0.1, -0.05) is 97.6 Å². The molecule has 6 aromatic carbocycles. The molecule has 3 fully saturated rings. The molecule has 24 heteroatoms. The zero-order valence-electron chi connectivity index (χ0n) is 65.9. The zero-order chi connectivity index (χ0) is 80.2. The van der Waals surface area contributed by atoms with Crippen LogP contribution in [0.3, 0.4) is 0 Å². The van der Waals surface area contributed by atoms with Crippen molar-refractivity contribution in [2.75, 3.05) is 65.7 Å². The van der Waals surface area contributed by atoms with Crippen LogP contribution in [0.1, 0.15) is 136 Å². The summed E-state index contributed by atoms with van der Waals surface area (Å²) >= 11 is 0. The van der Waals surface area contributed by atoms with Crippen molar-refractivity contribution < 1.29 is 57.2 Å². The molecule has 594 valence electrons. The van der Waals surface area contributed by atoms with Gasteiger partial charge in [0.05, 0.1) is 59.2 Å². The van der Waals surface area contributed by atoms with Gasteiger partial charge in [0.25, 0.3) is 23.6 Å². The van der Waals surface area contributed by atoms with E-state index in [0.717, 1.165) is 124 Å². The van der Waals surface area contributed by atoms with E-state index >= 15 is 0 Å². The highest BCUT2D eigenvalue weighted by Crippen LogP contribution is 2.42. The summed E-state index contributed by atoms with van der Waals surface area (Å²) in [6, 6.07) is 49.6. The van der Waals surface area contributed by atoms with Gasteiger partial charge in [0.1, 0.15) is 29.5 Å². The number of carbonyl (C=O) groups is 7. The van der Waals surface area contributed by atoms with E-state index < -0.39 is 24.7 Å². The molecule has 115 heavy (non-hydrogen) atoms. The number of nitrogens with one attached hydrogen (secondary N) is 4. The number of para-hydroxylation sites is 2. The van der Waals surface area contributed by atoms with E-state index in [2.05, 4.69) is 32.8 Å². The minimum atomic E-state index is -0.840. The van der Waals surface area contributed by atoms with Crippen LogP contribution in [0.25, 0.3) is 44.8 Å². The van der Waals surface area contributed by atoms with Crippen LogP contribution in [0.2, 0.25) is 0 Å². The SMILES string of the molecule is C=CCOC(=O)N1c2cc(OCCCC(=O)Nc3cc(-c4ccc(-c5cc(C(=O)Nc6ccccc6)n(C)c5)cc4)n(C)c3)c(C)cc2C(=O)N2CCCC[C@H]2C1OC1CCCCO1.Cc1cc2c(cc1OCCCC(=O)Nc1cc(-c3ccc(-c4cc(C(=O)Nc5ccccc5)n(C)c4)cc3)n(C)c1)N=C[C@@H]1CCCCN1C2=O. The zero-order valence-corrected chi connectivity index (χ0v) is 65.9. The Hall–Kier alpha value is -12.5. The number of carbonyl (C=O) groups excluding carboxylic acids is 7. The first-order valence-electron chi connectivity index (χ1n) is 39.6. The van der Waals surface area contributed by atoms with Crippen molar-refractivity contribution >= 4 is 81.9 Å². The van der Waals surface area contributed by atoms with E-state index in [1.165, 1.54) is 11.0 Å². The average Bonchev–Trinajstić information content (AvgIpc) is 1.60. The molecule has 2 unspecified atom stereocenters. The summed E-state index contributed by atoms with van der Waals surface area (Å²) in [5.74, 6) is 0.437. The van der Waals surface area contributed by atoms with Gasteiger partial charge in [0.2, 0.25) is 11.8 Å². The number of hydrogen-bond donors (Lipinski definition) is 4. The molecule has 0 spiro atoms. The highest BCUT2D eigenvalue weighted by molar-refractivity contribution is 6.07. The van der Waals surface area contributed by atoms with Crippen LogP contribution in [-0.4, -0.2) is 140 Å². The number of rotatable bonds is 24. The summed E-state index contributed by atoms with van der Waals surface area (Å²) in [5.41, 5.74) is 15.3. The second-order valence-corrected chi connectivity index (χ2v) is 29.9. The van der Waals surface area contributed by atoms with E-state index in [1.54, 1.807) is 12.1 Å². The highest BCUT2D eigenvalue weighted by atomic mass is 16.7. The van der Waals surface area contributed by atoms with Gasteiger partial charge in [0, 0.05) is 138 Å². The smallest absolute Gasteiger partial charge is 0.416 e. The van der Waals surface area contributed by atoms with Crippen LogP contribution < -0.4 is 35.6 Å². The summed E-state index contributed by atoms with van der Waals surface area (Å²) in [7, 11) is 7.60. The molecule has 9 heterocycles. The topological polar surface area (TPSA) is 256 Å². The van der Waals surface area contributed by atoms with Crippen LogP contribution in [0.15, 0.2) is 200 Å². The molecule has 0 saturated carbocycles. The molecule has 24 nitrogen and oxygen atoms in total. The summed E-state index contributed by atoms with van der Waals surface area (Å²) in [5, 5.41) is 11.9. The number of fused-ring (bicyclic) bond motifs is 4. The summed E-state index contributed by atoms with van der Waals surface area (Å²) in [6.45, 7) is 9.97. The lowest BCUT2D eigenvalue weighted by Gasteiger charge is -2.42. The first-order chi connectivity index (χ1) is 55.8. The van der Waals surface area contributed by atoms with Gasteiger partial charge in [-0.2, -0.15) is 0 Å². The molecular weight excluding hydrogens is 1450 g/mol. The van der Waals surface area contributed by atoms with Gasteiger partial charge >= 0.3 is 6.09 Å². The van der Waals surface area contributed by atoms with E-state index in [9.17, 15) is 33.6 Å². The monoisotopic (exact) mass is 1550 g/mol. The number of ether oxygens (including phenoxy) is 5. The lowest BCUT2D eigenvalue weighted by molar-refractivity contribution is -0.198. The number of aryl methyl sites for hydroxylation is 6. The number of piperidine rings is 2. The molecule has 4 aromatic heterocycles. The Morgan fingerprint density at radius 2 is 1.03 bits per heavy atom. The number of nitrogens with zero attached hydrogens (tertiary/aromatic N) is 8. The van der Waals surface area contributed by atoms with E-state index in [4.69, 9.17) is 23.7 Å². The van der Waals surface area contributed by atoms with E-state index in [1.807, 2.05) is 247 Å². The normalized spacial score (nSPS) is 16.9. The molecular formula is C91H98N12O12. The molecule has 0 bridgehead atoms. The molecule has 15 rings (SSSR count). The quantitative estimate of drug-likeness (QED) is 0.0325. The molecule has 0 aliphatic carbocycles. The summed E-state index contributed by atoms with van der Waals surface area (Å²) < 4.78 is 38.1. The first-order valence-corrected chi connectivity index (χ1v) is 39.6. The minimum Gasteiger partial charge on any atom is -0.493 e. The van der Waals surface area contributed by atoms with Gasteiger partial charge in [-0.25, -0.2) is 9.69 Å². The van der Waals surface area contributed by atoms with Crippen molar-refractivity contribution in [2.24, 2.45) is 33.2 Å². The van der Waals surface area contributed by atoms with Crippen LogP contribution in [0.4, 0.5) is 38.9 Å². The fraction of sp³-hybridized carbons (Fsp3) is 0.319. The standard InChI is InChI=1S/C50H56N6O8.C41H42N6O4/c1-5-24-63-50(60)56-42-30-44(33(2)27-39(42)48(59)55-23-11-9-16-40(55)49(56)64-46-18-10-12-25-62-46)61-26-13-17-45(57)51-38-29-41(54(4)32-38)35-21-19-34(20-22-35)36-28-43(53(3)31-36)47(58)52-37-14-7-6-8-15-37;1-27-20-34-35(42-24-33-12-7-8-18-47(33)41(34)50)23-38(27)51-19-9-13-39(48)43-32-22-36(46(3)26-32)29-16-14-28(15-17-29)30-21-37(45(2)25-30)40(49)44-31-10-5-4-6-11-31/h5-8,14-15,19-22,27-32,40,46,49H,1,9-13,16-18,23-26H2,2-4H3,(H,51,57)(H,52,58);4-6,10-11,14-17,20-26,33H,7-9,12-13,18-19H2,1-3H3,(H,43,48)(H,44,49)/t40-,46?,49?;33-/m00/s1. The van der Waals surface area contributed by atoms with Crippen molar-refractivity contribution in [1.82, 2.24) is 28.1 Å². The maximum atomic E-state index is 14.2. The fourth-order valence-corrected chi connectivity index (χ4v) is 15.6. The molecule has 3 saturated heterocycles. The maximum Gasteiger partial charge on any atom is 0.416 e. The number of aliphatic imine (C=N–C) groups is 1. The number of hydrogen-bond acceptors (Lipinski definition) is 13. The van der Waals surface area contributed by atoms with Gasteiger partial charge < -0.3 is 73.0 Å².